The van der Waals surface area contributed by atoms with Crippen molar-refractivity contribution in [3.8, 4) is 5.75 Å². The molecular weight excluding hydrogens is 326 g/mol. The van der Waals surface area contributed by atoms with E-state index in [2.05, 4.69) is 10.1 Å². The van der Waals surface area contributed by atoms with E-state index in [-0.39, 0.29) is 18.3 Å². The third-order valence-corrected chi connectivity index (χ3v) is 3.49. The van der Waals surface area contributed by atoms with Crippen LogP contribution >= 0.6 is 0 Å². The van der Waals surface area contributed by atoms with Gasteiger partial charge in [-0.15, -0.1) is 0 Å². The van der Waals surface area contributed by atoms with E-state index in [9.17, 15) is 8.78 Å². The number of imidazole rings is 1. The van der Waals surface area contributed by atoms with Crippen LogP contribution in [0.5, 0.6) is 5.75 Å². The molecule has 0 aliphatic rings. The van der Waals surface area contributed by atoms with Gasteiger partial charge in [0.05, 0.1) is 18.1 Å². The Kier molecular flexibility index (Phi) is 4.74. The van der Waals surface area contributed by atoms with Crippen molar-refractivity contribution in [1.29, 1.82) is 0 Å². The highest BCUT2D eigenvalue weighted by molar-refractivity contribution is 5.81. The van der Waals surface area contributed by atoms with Gasteiger partial charge in [0.15, 0.2) is 11.6 Å². The highest BCUT2D eigenvalue weighted by Gasteiger charge is 2.07. The van der Waals surface area contributed by atoms with E-state index < -0.39 is 11.6 Å². The van der Waals surface area contributed by atoms with Gasteiger partial charge in [-0.25, -0.2) is 18.4 Å². The molecule has 0 saturated carbocycles. The van der Waals surface area contributed by atoms with Gasteiger partial charge in [-0.05, 0) is 24.6 Å². The van der Waals surface area contributed by atoms with Crippen LogP contribution in [0.15, 0.2) is 53.8 Å². The number of hydrogen-bond donors (Lipinski definition) is 1. The van der Waals surface area contributed by atoms with Gasteiger partial charge >= 0.3 is 0 Å². The summed E-state index contributed by atoms with van der Waals surface area (Å²) in [6.07, 6.45) is 3.31. The van der Waals surface area contributed by atoms with Crippen molar-refractivity contribution < 1.29 is 13.5 Å². The SMILES string of the molecule is Cc1cn(N=Cc2ccccc2COc2cc(F)ccc2F)c(N)n1. The molecule has 1 heterocycles. The topological polar surface area (TPSA) is 65.4 Å². The summed E-state index contributed by atoms with van der Waals surface area (Å²) in [5.74, 6) is -1.03. The van der Waals surface area contributed by atoms with Crippen molar-refractivity contribution in [2.75, 3.05) is 5.73 Å². The Hall–Kier alpha value is -3.22. The van der Waals surface area contributed by atoms with E-state index in [0.717, 1.165) is 35.0 Å². The number of aryl methyl sites for hydroxylation is 1. The lowest BCUT2D eigenvalue weighted by molar-refractivity contribution is 0.288. The first kappa shape index (κ1) is 16.6. The largest absolute Gasteiger partial charge is 0.486 e. The van der Waals surface area contributed by atoms with Gasteiger partial charge in [0.2, 0.25) is 5.95 Å². The molecule has 2 aromatic carbocycles. The number of halogens is 2. The summed E-state index contributed by atoms with van der Waals surface area (Å²) in [5.41, 5.74) is 8.04. The zero-order valence-electron chi connectivity index (χ0n) is 13.5. The molecule has 0 unspecified atom stereocenters. The molecule has 0 atom stereocenters. The molecule has 25 heavy (non-hydrogen) atoms. The first-order valence-corrected chi connectivity index (χ1v) is 7.54. The fourth-order valence-corrected chi connectivity index (χ4v) is 2.26. The Morgan fingerprint density at radius 3 is 2.80 bits per heavy atom. The van der Waals surface area contributed by atoms with Gasteiger partial charge in [-0.2, -0.15) is 5.10 Å². The van der Waals surface area contributed by atoms with Crippen molar-refractivity contribution in [3.63, 3.8) is 0 Å². The Labute approximate surface area is 143 Å². The molecule has 0 fully saturated rings. The summed E-state index contributed by atoms with van der Waals surface area (Å²) in [7, 11) is 0. The van der Waals surface area contributed by atoms with E-state index in [1.165, 1.54) is 4.68 Å². The standard InChI is InChI=1S/C18H16F2N4O/c1-12-10-24(18(21)23-12)22-9-13-4-2-3-5-14(13)11-25-17-8-15(19)6-7-16(17)20/h2-10H,11H2,1H3,(H2,21,23). The van der Waals surface area contributed by atoms with Crippen LogP contribution in [-0.4, -0.2) is 15.9 Å². The van der Waals surface area contributed by atoms with Crippen LogP contribution in [0.3, 0.4) is 0 Å². The monoisotopic (exact) mass is 342 g/mol. The van der Waals surface area contributed by atoms with Crippen LogP contribution in [0.4, 0.5) is 14.7 Å². The fourth-order valence-electron chi connectivity index (χ4n) is 2.26. The lowest BCUT2D eigenvalue weighted by Gasteiger charge is -2.09. The van der Waals surface area contributed by atoms with Crippen LogP contribution in [-0.2, 0) is 6.61 Å². The van der Waals surface area contributed by atoms with Crippen molar-refractivity contribution in [3.05, 3.63) is 77.1 Å². The van der Waals surface area contributed by atoms with Gasteiger partial charge in [0.25, 0.3) is 0 Å². The minimum atomic E-state index is -0.616. The molecule has 0 aliphatic carbocycles. The number of hydrogen-bond acceptors (Lipinski definition) is 4. The number of anilines is 1. The second-order valence-corrected chi connectivity index (χ2v) is 5.39. The third kappa shape index (κ3) is 4.00. The molecule has 0 aliphatic heterocycles. The summed E-state index contributed by atoms with van der Waals surface area (Å²) >= 11 is 0. The molecule has 2 N–H and O–H groups in total. The summed E-state index contributed by atoms with van der Waals surface area (Å²) in [6.45, 7) is 1.89. The number of ether oxygens (including phenoxy) is 1. The summed E-state index contributed by atoms with van der Waals surface area (Å²) in [4.78, 5) is 4.06. The lowest BCUT2D eigenvalue weighted by Crippen LogP contribution is -2.02. The minimum absolute atomic E-state index is 0.0704. The molecule has 0 spiro atoms. The van der Waals surface area contributed by atoms with Crippen LogP contribution < -0.4 is 10.5 Å². The van der Waals surface area contributed by atoms with E-state index in [0.29, 0.717) is 0 Å². The maximum absolute atomic E-state index is 13.6. The summed E-state index contributed by atoms with van der Waals surface area (Å²) in [6, 6.07) is 10.4. The number of nitrogen functional groups attached to an aromatic ring is 1. The molecule has 7 heteroatoms. The Morgan fingerprint density at radius 2 is 2.04 bits per heavy atom. The van der Waals surface area contributed by atoms with Crippen molar-refractivity contribution in [1.82, 2.24) is 9.66 Å². The first-order chi connectivity index (χ1) is 12.0. The highest BCUT2D eigenvalue weighted by Crippen LogP contribution is 2.20. The van der Waals surface area contributed by atoms with Gasteiger partial charge in [-0.3, -0.25) is 0 Å². The molecule has 0 saturated heterocycles. The predicted molar refractivity (Wildman–Crippen MR) is 91.5 cm³/mol. The maximum Gasteiger partial charge on any atom is 0.221 e. The Morgan fingerprint density at radius 1 is 1.24 bits per heavy atom. The van der Waals surface area contributed by atoms with E-state index >= 15 is 0 Å². The maximum atomic E-state index is 13.6. The number of nitrogens with zero attached hydrogens (tertiary/aromatic N) is 3. The minimum Gasteiger partial charge on any atom is -0.486 e. The quantitative estimate of drug-likeness (QED) is 0.722. The van der Waals surface area contributed by atoms with Gasteiger partial charge in [0, 0.05) is 11.6 Å². The average Bonchev–Trinajstić information content (AvgIpc) is 2.92. The molecule has 0 radical (unpaired) electrons. The zero-order valence-corrected chi connectivity index (χ0v) is 13.5. The second kappa shape index (κ2) is 7.12. The molecule has 3 rings (SSSR count). The predicted octanol–water partition coefficient (Wildman–Crippen LogP) is 3.51. The molecule has 128 valence electrons. The van der Waals surface area contributed by atoms with Crippen LogP contribution in [0.1, 0.15) is 16.8 Å². The number of rotatable bonds is 5. The fraction of sp³-hybridized carbons (Fsp3) is 0.111. The van der Waals surface area contributed by atoms with Crippen molar-refractivity contribution in [2.45, 2.75) is 13.5 Å². The normalized spacial score (nSPS) is 11.2. The van der Waals surface area contributed by atoms with Crippen molar-refractivity contribution >= 4 is 12.2 Å². The third-order valence-electron chi connectivity index (χ3n) is 3.49. The van der Waals surface area contributed by atoms with Crippen molar-refractivity contribution in [2.24, 2.45) is 5.10 Å². The van der Waals surface area contributed by atoms with Crippen LogP contribution in [0.2, 0.25) is 0 Å². The second-order valence-electron chi connectivity index (χ2n) is 5.39. The van der Waals surface area contributed by atoms with E-state index in [4.69, 9.17) is 10.5 Å². The Bertz CT molecular complexity index is 921. The molecule has 0 amide bonds. The number of aromatic nitrogens is 2. The number of benzene rings is 2. The zero-order chi connectivity index (χ0) is 17.8. The Balaban J connectivity index is 1.79. The first-order valence-electron chi connectivity index (χ1n) is 7.54. The summed E-state index contributed by atoms with van der Waals surface area (Å²) in [5, 5.41) is 4.26. The lowest BCUT2D eigenvalue weighted by atomic mass is 10.1. The molecular formula is C18H16F2N4O. The number of nitrogens with two attached hydrogens (primary N) is 1. The smallest absolute Gasteiger partial charge is 0.221 e. The van der Waals surface area contributed by atoms with E-state index in [1.54, 1.807) is 12.4 Å². The molecule has 1 aromatic heterocycles. The molecule has 5 nitrogen and oxygen atoms in total. The van der Waals surface area contributed by atoms with Gasteiger partial charge < -0.3 is 10.5 Å². The summed E-state index contributed by atoms with van der Waals surface area (Å²) < 4.78 is 33.7. The van der Waals surface area contributed by atoms with Gasteiger partial charge in [-0.1, -0.05) is 24.3 Å². The van der Waals surface area contributed by atoms with Crippen LogP contribution in [0, 0.1) is 18.6 Å². The molecule has 3 aromatic rings. The van der Waals surface area contributed by atoms with Gasteiger partial charge in [0.1, 0.15) is 12.4 Å². The van der Waals surface area contributed by atoms with Crippen LogP contribution in [0.25, 0.3) is 0 Å². The highest BCUT2D eigenvalue weighted by atomic mass is 19.1. The average molecular weight is 342 g/mol. The van der Waals surface area contributed by atoms with E-state index in [1.807, 2.05) is 31.2 Å². The molecule has 0 bridgehead atoms.